The first kappa shape index (κ1) is 13.3. The Morgan fingerprint density at radius 2 is 2.05 bits per heavy atom. The summed E-state index contributed by atoms with van der Waals surface area (Å²) in [4.78, 5) is 26.3. The summed E-state index contributed by atoms with van der Waals surface area (Å²) in [5.74, 6) is 3.58. The van der Waals surface area contributed by atoms with E-state index in [4.69, 9.17) is 0 Å². The van der Waals surface area contributed by atoms with Crippen LogP contribution in [0.15, 0.2) is 17.8 Å². The van der Waals surface area contributed by atoms with Crippen LogP contribution in [0.25, 0.3) is 10.2 Å². The third-order valence-electron chi connectivity index (χ3n) is 4.09. The molecule has 0 unspecified atom stereocenters. The van der Waals surface area contributed by atoms with Gasteiger partial charge in [-0.15, -0.1) is 11.3 Å². The van der Waals surface area contributed by atoms with Crippen molar-refractivity contribution < 1.29 is 4.79 Å². The Hall–Kier alpha value is -1.34. The fraction of sp³-hybridized carbons (Fsp3) is 0.500. The normalized spacial score (nSPS) is 19.8. The van der Waals surface area contributed by atoms with Crippen LogP contribution in [0.2, 0.25) is 0 Å². The minimum atomic E-state index is 0.136. The molecular formula is C14H16N4OS2. The smallest absolute Gasteiger partial charge is 0.229 e. The molecule has 0 N–H and O–H groups in total. The van der Waals surface area contributed by atoms with Gasteiger partial charge in [0.1, 0.15) is 17.0 Å². The Morgan fingerprint density at radius 1 is 1.24 bits per heavy atom. The maximum absolute atomic E-state index is 12.4. The van der Waals surface area contributed by atoms with E-state index in [0.717, 1.165) is 53.7 Å². The van der Waals surface area contributed by atoms with E-state index in [9.17, 15) is 4.79 Å². The summed E-state index contributed by atoms with van der Waals surface area (Å²) in [6.07, 6.45) is 1.62. The lowest BCUT2D eigenvalue weighted by molar-refractivity contribution is -0.135. The molecule has 4 heterocycles. The lowest BCUT2D eigenvalue weighted by Crippen LogP contribution is -2.56. The molecule has 7 heteroatoms. The number of fused-ring (bicyclic) bond motifs is 1. The summed E-state index contributed by atoms with van der Waals surface area (Å²) >= 11 is 3.56. The van der Waals surface area contributed by atoms with E-state index in [1.165, 1.54) is 0 Å². The van der Waals surface area contributed by atoms with Crippen LogP contribution in [0.1, 0.15) is 0 Å². The van der Waals surface area contributed by atoms with Crippen molar-refractivity contribution in [3.05, 3.63) is 17.8 Å². The van der Waals surface area contributed by atoms with E-state index in [1.54, 1.807) is 17.7 Å². The van der Waals surface area contributed by atoms with Crippen molar-refractivity contribution in [3.8, 4) is 0 Å². The molecule has 0 spiro atoms. The van der Waals surface area contributed by atoms with Gasteiger partial charge in [0.25, 0.3) is 0 Å². The molecule has 1 amide bonds. The zero-order valence-corrected chi connectivity index (χ0v) is 13.2. The Kier molecular flexibility index (Phi) is 3.46. The van der Waals surface area contributed by atoms with E-state index >= 15 is 0 Å². The maximum Gasteiger partial charge on any atom is 0.229 e. The summed E-state index contributed by atoms with van der Waals surface area (Å²) in [6.45, 7) is 3.37. The van der Waals surface area contributed by atoms with Gasteiger partial charge in [0, 0.05) is 37.7 Å². The first-order valence-electron chi connectivity index (χ1n) is 7.12. The molecule has 2 aromatic heterocycles. The SMILES string of the molecule is O=C(C1CN(c2ncnc3sccc23)C1)N1CCSCC1. The van der Waals surface area contributed by atoms with E-state index in [-0.39, 0.29) is 5.92 Å². The van der Waals surface area contributed by atoms with Gasteiger partial charge in [-0.3, -0.25) is 4.79 Å². The van der Waals surface area contributed by atoms with Gasteiger partial charge < -0.3 is 9.80 Å². The van der Waals surface area contributed by atoms with Crippen LogP contribution in [0.5, 0.6) is 0 Å². The summed E-state index contributed by atoms with van der Waals surface area (Å²) < 4.78 is 0. The molecule has 2 aliphatic heterocycles. The number of thiophene rings is 1. The Balaban J connectivity index is 1.45. The number of rotatable bonds is 2. The number of carbonyl (C=O) groups excluding carboxylic acids is 1. The Morgan fingerprint density at radius 3 is 2.86 bits per heavy atom. The van der Waals surface area contributed by atoms with E-state index in [2.05, 4.69) is 20.9 Å². The van der Waals surface area contributed by atoms with Crippen molar-refractivity contribution >= 4 is 45.0 Å². The molecule has 2 aliphatic rings. The number of hydrogen-bond donors (Lipinski definition) is 0. The van der Waals surface area contributed by atoms with Gasteiger partial charge >= 0.3 is 0 Å². The molecule has 0 radical (unpaired) electrons. The molecule has 21 heavy (non-hydrogen) atoms. The highest BCUT2D eigenvalue weighted by Crippen LogP contribution is 2.31. The van der Waals surface area contributed by atoms with Crippen LogP contribution in [0.4, 0.5) is 5.82 Å². The first-order chi connectivity index (χ1) is 10.3. The minimum absolute atomic E-state index is 0.136. The van der Waals surface area contributed by atoms with Crippen LogP contribution >= 0.6 is 23.1 Å². The second kappa shape index (κ2) is 5.46. The molecule has 0 aliphatic carbocycles. The third kappa shape index (κ3) is 2.38. The fourth-order valence-electron chi connectivity index (χ4n) is 2.88. The van der Waals surface area contributed by atoms with Crippen molar-refractivity contribution in [1.82, 2.24) is 14.9 Å². The molecule has 0 aromatic carbocycles. The van der Waals surface area contributed by atoms with Crippen molar-refractivity contribution in [2.24, 2.45) is 5.92 Å². The summed E-state index contributed by atoms with van der Waals surface area (Å²) in [6, 6.07) is 2.06. The summed E-state index contributed by atoms with van der Waals surface area (Å²) in [5.41, 5.74) is 0. The number of nitrogens with zero attached hydrogens (tertiary/aromatic N) is 4. The van der Waals surface area contributed by atoms with Gasteiger partial charge in [0.2, 0.25) is 5.91 Å². The van der Waals surface area contributed by atoms with Gasteiger partial charge in [-0.25, -0.2) is 9.97 Å². The molecule has 0 bridgehead atoms. The van der Waals surface area contributed by atoms with Crippen LogP contribution in [0, 0.1) is 5.92 Å². The van der Waals surface area contributed by atoms with Crippen LogP contribution in [-0.2, 0) is 4.79 Å². The molecule has 2 saturated heterocycles. The van der Waals surface area contributed by atoms with Crippen LogP contribution in [0.3, 0.4) is 0 Å². The largest absolute Gasteiger partial charge is 0.354 e. The summed E-state index contributed by atoms with van der Waals surface area (Å²) in [7, 11) is 0. The van der Waals surface area contributed by atoms with E-state index in [0.29, 0.717) is 5.91 Å². The first-order valence-corrected chi connectivity index (χ1v) is 9.16. The average Bonchev–Trinajstić information content (AvgIpc) is 2.96. The number of hydrogen-bond acceptors (Lipinski definition) is 6. The second-order valence-electron chi connectivity index (χ2n) is 5.38. The molecule has 0 atom stereocenters. The van der Waals surface area contributed by atoms with Gasteiger partial charge in [0.15, 0.2) is 0 Å². The molecule has 0 saturated carbocycles. The zero-order chi connectivity index (χ0) is 14.2. The lowest BCUT2D eigenvalue weighted by Gasteiger charge is -2.42. The highest BCUT2D eigenvalue weighted by Gasteiger charge is 2.37. The van der Waals surface area contributed by atoms with Crippen LogP contribution in [-0.4, -0.2) is 58.5 Å². The predicted octanol–water partition coefficient (Wildman–Crippen LogP) is 1.70. The third-order valence-corrected chi connectivity index (χ3v) is 5.86. The van der Waals surface area contributed by atoms with E-state index in [1.807, 2.05) is 22.0 Å². The monoisotopic (exact) mass is 320 g/mol. The highest BCUT2D eigenvalue weighted by molar-refractivity contribution is 7.99. The lowest BCUT2D eigenvalue weighted by atomic mass is 9.98. The van der Waals surface area contributed by atoms with Crippen LogP contribution < -0.4 is 4.90 Å². The molecular weight excluding hydrogens is 304 g/mol. The number of thioether (sulfide) groups is 1. The van der Waals surface area contributed by atoms with E-state index < -0.39 is 0 Å². The van der Waals surface area contributed by atoms with Crippen molar-refractivity contribution in [1.29, 1.82) is 0 Å². The van der Waals surface area contributed by atoms with Gasteiger partial charge in [0.05, 0.1) is 11.3 Å². The van der Waals surface area contributed by atoms with Gasteiger partial charge in [-0.2, -0.15) is 11.8 Å². The number of carbonyl (C=O) groups is 1. The topological polar surface area (TPSA) is 49.3 Å². The number of anilines is 1. The highest BCUT2D eigenvalue weighted by atomic mass is 32.2. The predicted molar refractivity (Wildman–Crippen MR) is 87.0 cm³/mol. The molecule has 2 fully saturated rings. The summed E-state index contributed by atoms with van der Waals surface area (Å²) in [5, 5.41) is 3.14. The number of aromatic nitrogens is 2. The molecule has 110 valence electrons. The Bertz CT molecular complexity index is 662. The average molecular weight is 320 g/mol. The molecule has 4 rings (SSSR count). The maximum atomic E-state index is 12.4. The van der Waals surface area contributed by atoms with Gasteiger partial charge in [-0.05, 0) is 11.4 Å². The van der Waals surface area contributed by atoms with Crippen molar-refractivity contribution in [2.45, 2.75) is 0 Å². The van der Waals surface area contributed by atoms with Crippen molar-refractivity contribution in [3.63, 3.8) is 0 Å². The molecule has 5 nitrogen and oxygen atoms in total. The molecule has 2 aromatic rings. The second-order valence-corrected chi connectivity index (χ2v) is 7.50. The number of amides is 1. The standard InChI is InChI=1S/C14H16N4OS2/c19-14(17-2-5-20-6-3-17)10-7-18(8-10)12-11-1-4-21-13(11)16-9-15-12/h1,4,9-10H,2-3,5-8H2. The van der Waals surface area contributed by atoms with Crippen molar-refractivity contribution in [2.75, 3.05) is 42.6 Å². The van der Waals surface area contributed by atoms with Gasteiger partial charge in [-0.1, -0.05) is 0 Å². The minimum Gasteiger partial charge on any atom is -0.354 e. The quantitative estimate of drug-likeness (QED) is 0.843. The fourth-order valence-corrected chi connectivity index (χ4v) is 4.51. The Labute approximate surface area is 131 Å². The zero-order valence-electron chi connectivity index (χ0n) is 11.6.